The number of hydrogen-bond acceptors (Lipinski definition) is 6. The van der Waals surface area contributed by atoms with Crippen LogP contribution in [0.15, 0.2) is 73.8 Å². The van der Waals surface area contributed by atoms with Crippen LogP contribution in [-0.2, 0) is 30.1 Å². The van der Waals surface area contributed by atoms with Gasteiger partial charge in [0.05, 0.1) is 11.1 Å². The van der Waals surface area contributed by atoms with Gasteiger partial charge in [0, 0.05) is 5.57 Å². The Morgan fingerprint density at radius 3 is 1.46 bits per heavy atom. The topological polar surface area (TPSA) is 103 Å². The zero-order valence-corrected chi connectivity index (χ0v) is 25.2. The maximum Gasteiger partial charge on any atom is 0.408 e. The number of benzene rings is 2. The van der Waals surface area contributed by atoms with Gasteiger partial charge in [-0.3, -0.25) is 0 Å². The van der Waals surface area contributed by atoms with Crippen LogP contribution in [0.4, 0.5) is 9.59 Å². The van der Waals surface area contributed by atoms with E-state index in [-0.39, 0.29) is 18.8 Å². The molecule has 8 heteroatoms. The first-order valence-electron chi connectivity index (χ1n) is 13.3. The van der Waals surface area contributed by atoms with E-state index in [1.165, 1.54) is 6.92 Å². The largest absolute Gasteiger partial charge is 0.458 e. The van der Waals surface area contributed by atoms with E-state index in [0.717, 1.165) is 33.4 Å². The Hall–Kier alpha value is -4.33. The highest BCUT2D eigenvalue weighted by Gasteiger charge is 2.28. The van der Waals surface area contributed by atoms with E-state index in [1.807, 2.05) is 90.1 Å². The van der Waals surface area contributed by atoms with Gasteiger partial charge < -0.3 is 24.8 Å². The molecule has 0 aliphatic heterocycles. The predicted octanol–water partition coefficient (Wildman–Crippen LogP) is 6.86. The molecule has 2 rings (SSSR count). The van der Waals surface area contributed by atoms with E-state index >= 15 is 0 Å². The number of hydrogen-bond donors (Lipinski definition) is 2. The molecule has 0 aliphatic rings. The molecule has 2 amide bonds. The zero-order valence-electron chi connectivity index (χ0n) is 25.2. The Labute approximate surface area is 243 Å². The summed E-state index contributed by atoms with van der Waals surface area (Å²) in [4.78, 5) is 37.5. The first-order chi connectivity index (χ1) is 19.0. The van der Waals surface area contributed by atoms with E-state index in [1.54, 1.807) is 0 Å². The Bertz CT molecular complexity index is 1290. The van der Waals surface area contributed by atoms with Crippen molar-refractivity contribution >= 4 is 29.3 Å². The highest BCUT2D eigenvalue weighted by atomic mass is 16.6. The van der Waals surface area contributed by atoms with Gasteiger partial charge in [-0.05, 0) is 70.7 Å². The van der Waals surface area contributed by atoms with Crippen LogP contribution in [0.5, 0.6) is 0 Å². The lowest BCUT2D eigenvalue weighted by Gasteiger charge is -2.29. The molecule has 0 saturated carbocycles. The minimum absolute atomic E-state index is 0.186. The van der Waals surface area contributed by atoms with Crippen molar-refractivity contribution in [2.75, 3.05) is 13.2 Å². The Balaban J connectivity index is 2.06. The first kappa shape index (κ1) is 32.9. The molecule has 0 saturated heterocycles. The second kappa shape index (κ2) is 13.8. The number of carbonyl (C=O) groups is 3. The SMILES string of the molecule is C=C(C)C(=O)OCC(COC(=O)NC(C)(C)c1ccc(C(=C)C)cc1)OC(=O)NC(C)(C)c1ccc(C(=C)C)cc1. The second-order valence-corrected chi connectivity index (χ2v) is 11.2. The summed E-state index contributed by atoms with van der Waals surface area (Å²) in [5, 5.41) is 5.64. The van der Waals surface area contributed by atoms with E-state index in [0.29, 0.717) is 0 Å². The molecule has 2 aromatic carbocycles. The number of nitrogens with one attached hydrogen (secondary N) is 2. The van der Waals surface area contributed by atoms with Crippen molar-refractivity contribution in [3.8, 4) is 0 Å². The number of carbonyl (C=O) groups excluding carboxylic acids is 3. The molecule has 2 N–H and O–H groups in total. The molecule has 0 spiro atoms. The fraction of sp³-hybridized carbons (Fsp3) is 0.364. The van der Waals surface area contributed by atoms with Crippen molar-refractivity contribution in [3.05, 3.63) is 96.1 Å². The number of ether oxygens (including phenoxy) is 3. The summed E-state index contributed by atoms with van der Waals surface area (Å²) in [7, 11) is 0. The summed E-state index contributed by atoms with van der Waals surface area (Å²) in [6.07, 6.45) is -2.56. The summed E-state index contributed by atoms with van der Waals surface area (Å²) in [5.74, 6) is -0.652. The Morgan fingerprint density at radius 2 is 1.07 bits per heavy atom. The van der Waals surface area contributed by atoms with Gasteiger partial charge in [-0.1, -0.05) is 79.4 Å². The number of rotatable bonds is 12. The number of allylic oxidation sites excluding steroid dienone is 2. The third kappa shape index (κ3) is 9.98. The number of amides is 2. The molecule has 1 unspecified atom stereocenters. The summed E-state index contributed by atoms with van der Waals surface area (Å²) in [6.45, 7) is 23.4. The van der Waals surface area contributed by atoms with Gasteiger partial charge in [-0.2, -0.15) is 0 Å². The quantitative estimate of drug-likeness (QED) is 0.166. The van der Waals surface area contributed by atoms with Gasteiger partial charge in [-0.15, -0.1) is 0 Å². The maximum absolute atomic E-state index is 12.9. The van der Waals surface area contributed by atoms with Crippen LogP contribution in [0.2, 0.25) is 0 Å². The molecule has 0 aliphatic carbocycles. The number of alkyl carbamates (subject to hydrolysis) is 2. The molecular formula is C33H42N2O6. The van der Waals surface area contributed by atoms with E-state index in [2.05, 4.69) is 30.4 Å². The van der Waals surface area contributed by atoms with E-state index < -0.39 is 35.3 Å². The van der Waals surface area contributed by atoms with Gasteiger partial charge in [0.15, 0.2) is 6.10 Å². The average Bonchev–Trinajstić information content (AvgIpc) is 2.89. The van der Waals surface area contributed by atoms with Crippen molar-refractivity contribution in [1.29, 1.82) is 0 Å². The Morgan fingerprint density at radius 1 is 0.683 bits per heavy atom. The van der Waals surface area contributed by atoms with Gasteiger partial charge in [0.2, 0.25) is 0 Å². The molecule has 8 nitrogen and oxygen atoms in total. The van der Waals surface area contributed by atoms with Gasteiger partial charge >= 0.3 is 18.2 Å². The van der Waals surface area contributed by atoms with Crippen molar-refractivity contribution in [3.63, 3.8) is 0 Å². The molecule has 0 fully saturated rings. The minimum atomic E-state index is -1.07. The second-order valence-electron chi connectivity index (χ2n) is 11.2. The lowest BCUT2D eigenvalue weighted by atomic mass is 9.93. The van der Waals surface area contributed by atoms with Gasteiger partial charge in [-0.25, -0.2) is 14.4 Å². The summed E-state index contributed by atoms with van der Waals surface area (Å²) < 4.78 is 16.1. The highest BCUT2D eigenvalue weighted by Crippen LogP contribution is 2.24. The Kier molecular flexibility index (Phi) is 11.1. The lowest BCUT2D eigenvalue weighted by molar-refractivity contribution is -0.142. The van der Waals surface area contributed by atoms with Crippen molar-refractivity contribution in [2.24, 2.45) is 0 Å². The lowest BCUT2D eigenvalue weighted by Crippen LogP contribution is -2.45. The van der Waals surface area contributed by atoms with Crippen LogP contribution >= 0.6 is 0 Å². The van der Waals surface area contributed by atoms with Crippen LogP contribution < -0.4 is 10.6 Å². The molecule has 0 bridgehead atoms. The molecule has 220 valence electrons. The van der Waals surface area contributed by atoms with Crippen LogP contribution in [-0.4, -0.2) is 37.5 Å². The van der Waals surface area contributed by atoms with Crippen LogP contribution in [0.3, 0.4) is 0 Å². The fourth-order valence-electron chi connectivity index (χ4n) is 3.79. The first-order valence-corrected chi connectivity index (χ1v) is 13.3. The highest BCUT2D eigenvalue weighted by molar-refractivity contribution is 5.87. The normalized spacial score (nSPS) is 12.0. The smallest absolute Gasteiger partial charge is 0.408 e. The minimum Gasteiger partial charge on any atom is -0.458 e. The van der Waals surface area contributed by atoms with Gasteiger partial charge in [0.25, 0.3) is 0 Å². The zero-order chi connectivity index (χ0) is 31.0. The van der Waals surface area contributed by atoms with Crippen molar-refractivity contribution in [2.45, 2.75) is 65.6 Å². The molecule has 1 atom stereocenters. The molecule has 41 heavy (non-hydrogen) atoms. The third-order valence-electron chi connectivity index (χ3n) is 6.45. The molecular weight excluding hydrogens is 520 g/mol. The monoisotopic (exact) mass is 562 g/mol. The summed E-state index contributed by atoms with van der Waals surface area (Å²) >= 11 is 0. The third-order valence-corrected chi connectivity index (χ3v) is 6.45. The van der Waals surface area contributed by atoms with E-state index in [4.69, 9.17) is 14.2 Å². The standard InChI is InChI=1S/C33H42N2O6/c1-21(2)24-11-15-26(16-12-24)32(7,8)34-30(37)40-20-28(19-39-29(36)23(5)6)41-31(38)35-33(9,10)27-17-13-25(14-18-27)22(3)4/h11-18,28H,1,3,5,19-20H2,2,4,6-10H3,(H,34,37)(H,35,38). The van der Waals surface area contributed by atoms with Crippen LogP contribution in [0.25, 0.3) is 11.1 Å². The molecule has 2 aromatic rings. The van der Waals surface area contributed by atoms with Crippen LogP contribution in [0, 0.1) is 0 Å². The van der Waals surface area contributed by atoms with Crippen LogP contribution in [0.1, 0.15) is 70.7 Å². The van der Waals surface area contributed by atoms with Gasteiger partial charge in [0.1, 0.15) is 13.2 Å². The average molecular weight is 563 g/mol. The maximum atomic E-state index is 12.9. The predicted molar refractivity (Wildman–Crippen MR) is 162 cm³/mol. The molecule has 0 radical (unpaired) electrons. The van der Waals surface area contributed by atoms with Crippen molar-refractivity contribution < 1.29 is 28.6 Å². The fourth-order valence-corrected chi connectivity index (χ4v) is 3.79. The van der Waals surface area contributed by atoms with Crippen molar-refractivity contribution in [1.82, 2.24) is 10.6 Å². The van der Waals surface area contributed by atoms with E-state index in [9.17, 15) is 14.4 Å². The summed E-state index contributed by atoms with van der Waals surface area (Å²) in [5.41, 5.74) is 4.22. The summed E-state index contributed by atoms with van der Waals surface area (Å²) in [6, 6.07) is 15.3. The molecule has 0 aromatic heterocycles. The molecule has 0 heterocycles. The number of esters is 1.